The van der Waals surface area contributed by atoms with E-state index in [4.69, 9.17) is 10.2 Å². The van der Waals surface area contributed by atoms with Crippen LogP contribution in [0.5, 0.6) is 0 Å². The predicted octanol–water partition coefficient (Wildman–Crippen LogP) is 2.69. The Kier molecular flexibility index (Phi) is 6.01. The average Bonchev–Trinajstić information content (AvgIpc) is 2.68. The lowest BCUT2D eigenvalue weighted by Gasteiger charge is -2.11. The zero-order chi connectivity index (χ0) is 20.1. The van der Waals surface area contributed by atoms with E-state index < -0.39 is 5.97 Å². The van der Waals surface area contributed by atoms with E-state index in [1.54, 1.807) is 24.3 Å². The fourth-order valence-electron chi connectivity index (χ4n) is 3.12. The molecule has 0 saturated carbocycles. The Labute approximate surface area is 162 Å². The first-order chi connectivity index (χ1) is 13.5. The molecule has 0 unspecified atom stereocenters. The van der Waals surface area contributed by atoms with Gasteiger partial charge in [0.2, 0.25) is 0 Å². The van der Waals surface area contributed by atoms with E-state index >= 15 is 0 Å². The number of rotatable bonds is 7. The van der Waals surface area contributed by atoms with Crippen molar-refractivity contribution in [3.05, 3.63) is 87.2 Å². The summed E-state index contributed by atoms with van der Waals surface area (Å²) < 4.78 is 1.41. The zero-order valence-electron chi connectivity index (χ0n) is 15.6. The van der Waals surface area contributed by atoms with Gasteiger partial charge in [0.15, 0.2) is 0 Å². The number of aromatic nitrogens is 2. The maximum absolute atomic E-state index is 12.4. The molecule has 0 aliphatic heterocycles. The predicted molar refractivity (Wildman–Crippen MR) is 107 cm³/mol. The number of aromatic carboxylic acids is 1. The van der Waals surface area contributed by atoms with E-state index in [0.717, 1.165) is 27.9 Å². The molecule has 0 radical (unpaired) electrons. The second-order valence-corrected chi connectivity index (χ2v) is 6.67. The standard InChI is InChI=1S/C22H22N2O4/c1-15-12-20(26)24(10-8-16-4-3-7-19(14-16)22(27)28)23-21(15)18-6-2-5-17(13-18)9-11-25/h2-7,12-14,25H,8-11H2,1H3,(H,27,28). The van der Waals surface area contributed by atoms with E-state index in [9.17, 15) is 9.59 Å². The third-order valence-electron chi connectivity index (χ3n) is 4.58. The van der Waals surface area contributed by atoms with Gasteiger partial charge in [0.25, 0.3) is 5.56 Å². The Balaban J connectivity index is 1.88. The van der Waals surface area contributed by atoms with Gasteiger partial charge in [-0.05, 0) is 54.7 Å². The number of carboxylic acids is 1. The lowest BCUT2D eigenvalue weighted by atomic mass is 10.0. The Morgan fingerprint density at radius 3 is 2.46 bits per heavy atom. The SMILES string of the molecule is Cc1cc(=O)n(CCc2cccc(C(=O)O)c2)nc1-c1cccc(CCO)c1. The van der Waals surface area contributed by atoms with E-state index in [1.165, 1.54) is 4.68 Å². The van der Waals surface area contributed by atoms with Crippen LogP contribution < -0.4 is 5.56 Å². The van der Waals surface area contributed by atoms with Crippen molar-refractivity contribution in [2.45, 2.75) is 26.3 Å². The first-order valence-corrected chi connectivity index (χ1v) is 9.09. The minimum atomic E-state index is -0.975. The number of hydrogen-bond acceptors (Lipinski definition) is 4. The van der Waals surface area contributed by atoms with Gasteiger partial charge in [0, 0.05) is 24.8 Å². The highest BCUT2D eigenvalue weighted by Gasteiger charge is 2.10. The Morgan fingerprint density at radius 2 is 1.75 bits per heavy atom. The lowest BCUT2D eigenvalue weighted by Crippen LogP contribution is -2.24. The van der Waals surface area contributed by atoms with Gasteiger partial charge in [-0.3, -0.25) is 4.79 Å². The summed E-state index contributed by atoms with van der Waals surface area (Å²) in [6, 6.07) is 16.0. The van der Waals surface area contributed by atoms with Gasteiger partial charge in [-0.1, -0.05) is 30.3 Å². The molecule has 0 bridgehead atoms. The van der Waals surface area contributed by atoms with Crippen LogP contribution in [0.2, 0.25) is 0 Å². The van der Waals surface area contributed by atoms with Gasteiger partial charge in [-0.15, -0.1) is 0 Å². The van der Waals surface area contributed by atoms with Crippen LogP contribution in [0.4, 0.5) is 0 Å². The third-order valence-corrected chi connectivity index (χ3v) is 4.58. The molecular formula is C22H22N2O4. The number of benzene rings is 2. The normalized spacial score (nSPS) is 10.8. The highest BCUT2D eigenvalue weighted by molar-refractivity contribution is 5.87. The number of carbonyl (C=O) groups is 1. The fourth-order valence-corrected chi connectivity index (χ4v) is 3.12. The maximum Gasteiger partial charge on any atom is 0.335 e. The number of aliphatic hydroxyl groups excluding tert-OH is 1. The molecule has 3 aromatic rings. The molecule has 144 valence electrons. The summed E-state index contributed by atoms with van der Waals surface area (Å²) in [5.41, 5.74) is 4.27. The minimum absolute atomic E-state index is 0.0742. The summed E-state index contributed by atoms with van der Waals surface area (Å²) in [5.74, 6) is -0.975. The smallest absolute Gasteiger partial charge is 0.335 e. The van der Waals surface area contributed by atoms with Crippen molar-refractivity contribution in [1.82, 2.24) is 9.78 Å². The molecule has 0 fully saturated rings. The summed E-state index contributed by atoms with van der Waals surface area (Å²) in [7, 11) is 0. The molecule has 3 rings (SSSR count). The molecule has 0 atom stereocenters. The lowest BCUT2D eigenvalue weighted by molar-refractivity contribution is 0.0696. The van der Waals surface area contributed by atoms with E-state index in [0.29, 0.717) is 19.4 Å². The van der Waals surface area contributed by atoms with Gasteiger partial charge in [-0.25, -0.2) is 9.48 Å². The molecule has 6 heteroatoms. The summed E-state index contributed by atoms with van der Waals surface area (Å²) in [4.78, 5) is 23.5. The van der Waals surface area contributed by atoms with Crippen LogP contribution in [0.3, 0.4) is 0 Å². The second-order valence-electron chi connectivity index (χ2n) is 6.67. The second kappa shape index (κ2) is 8.63. The van der Waals surface area contributed by atoms with E-state index in [-0.39, 0.29) is 17.7 Å². The van der Waals surface area contributed by atoms with Crippen molar-refractivity contribution in [1.29, 1.82) is 0 Å². The van der Waals surface area contributed by atoms with Gasteiger partial charge in [0.05, 0.1) is 11.3 Å². The molecular weight excluding hydrogens is 356 g/mol. The fraction of sp³-hybridized carbons (Fsp3) is 0.227. The molecule has 0 saturated heterocycles. The van der Waals surface area contributed by atoms with Crippen molar-refractivity contribution in [3.63, 3.8) is 0 Å². The summed E-state index contributed by atoms with van der Waals surface area (Å²) >= 11 is 0. The molecule has 0 aliphatic rings. The van der Waals surface area contributed by atoms with Crippen LogP contribution in [0.15, 0.2) is 59.4 Å². The van der Waals surface area contributed by atoms with Crippen LogP contribution in [-0.2, 0) is 19.4 Å². The van der Waals surface area contributed by atoms with E-state index in [2.05, 4.69) is 5.10 Å². The van der Waals surface area contributed by atoms with Crippen molar-refractivity contribution < 1.29 is 15.0 Å². The number of nitrogens with zero attached hydrogens (tertiary/aromatic N) is 2. The molecule has 1 aromatic heterocycles. The molecule has 0 aliphatic carbocycles. The number of aryl methyl sites for hydroxylation is 3. The highest BCUT2D eigenvalue weighted by atomic mass is 16.4. The van der Waals surface area contributed by atoms with E-state index in [1.807, 2.05) is 37.3 Å². The first kappa shape index (κ1) is 19.5. The Bertz CT molecular complexity index is 1060. The molecule has 0 amide bonds. The van der Waals surface area contributed by atoms with Crippen LogP contribution in [-0.4, -0.2) is 32.6 Å². The van der Waals surface area contributed by atoms with Crippen LogP contribution >= 0.6 is 0 Å². The molecule has 28 heavy (non-hydrogen) atoms. The Hall–Kier alpha value is -3.25. The minimum Gasteiger partial charge on any atom is -0.478 e. The largest absolute Gasteiger partial charge is 0.478 e. The number of carboxylic acid groups (broad SMARTS) is 1. The summed E-state index contributed by atoms with van der Waals surface area (Å²) in [6.45, 7) is 2.28. The molecule has 0 spiro atoms. The summed E-state index contributed by atoms with van der Waals surface area (Å²) in [6.07, 6.45) is 1.06. The number of aliphatic hydroxyl groups is 1. The maximum atomic E-state index is 12.4. The highest BCUT2D eigenvalue weighted by Crippen LogP contribution is 2.21. The van der Waals surface area contributed by atoms with Crippen LogP contribution in [0, 0.1) is 6.92 Å². The van der Waals surface area contributed by atoms with Gasteiger partial charge in [-0.2, -0.15) is 5.10 Å². The molecule has 2 N–H and O–H groups in total. The van der Waals surface area contributed by atoms with Crippen molar-refractivity contribution >= 4 is 5.97 Å². The molecule has 6 nitrogen and oxygen atoms in total. The monoisotopic (exact) mass is 378 g/mol. The number of hydrogen-bond donors (Lipinski definition) is 2. The topological polar surface area (TPSA) is 92.4 Å². The first-order valence-electron chi connectivity index (χ1n) is 9.09. The van der Waals surface area contributed by atoms with Crippen molar-refractivity contribution in [2.75, 3.05) is 6.61 Å². The Morgan fingerprint density at radius 1 is 1.04 bits per heavy atom. The zero-order valence-corrected chi connectivity index (χ0v) is 15.6. The van der Waals surface area contributed by atoms with Gasteiger partial charge < -0.3 is 10.2 Å². The molecule has 2 aromatic carbocycles. The third kappa shape index (κ3) is 4.53. The van der Waals surface area contributed by atoms with Gasteiger partial charge >= 0.3 is 5.97 Å². The van der Waals surface area contributed by atoms with Crippen LogP contribution in [0.1, 0.15) is 27.0 Å². The molecule has 1 heterocycles. The van der Waals surface area contributed by atoms with Crippen molar-refractivity contribution in [2.24, 2.45) is 0 Å². The quantitative estimate of drug-likeness (QED) is 0.659. The summed E-state index contributed by atoms with van der Waals surface area (Å²) in [5, 5.41) is 22.8. The van der Waals surface area contributed by atoms with Gasteiger partial charge in [0.1, 0.15) is 0 Å². The van der Waals surface area contributed by atoms with Crippen molar-refractivity contribution in [3.8, 4) is 11.3 Å². The van der Waals surface area contributed by atoms with Crippen LogP contribution in [0.25, 0.3) is 11.3 Å². The average molecular weight is 378 g/mol.